The molecular formula is C16H17N5O7S2. The zero-order valence-corrected chi connectivity index (χ0v) is 17.2. The molecule has 2 amide bonds. The minimum absolute atomic E-state index is 0.0317. The standard InChI is InChI=1S/C16H17N5O7S2/c1-7(22)27-3-8-5-29-14-11(13(24)21(14)12(8)15(25)26)20-10(23)2-18-28-4-9-6-30-16(17)19-9/h2,6,11,14H,3-5H2,1H3,(H2,17,19)(H,20,23)(H,25,26)/b18-2+. The second-order valence-electron chi connectivity index (χ2n) is 6.12. The quantitative estimate of drug-likeness (QED) is 0.201. The van der Waals surface area contributed by atoms with Crippen LogP contribution in [0.25, 0.3) is 0 Å². The lowest BCUT2D eigenvalue weighted by molar-refractivity contribution is -0.150. The maximum atomic E-state index is 12.4. The minimum atomic E-state index is -1.31. The molecule has 0 aromatic carbocycles. The van der Waals surface area contributed by atoms with Gasteiger partial charge in [0.2, 0.25) is 0 Å². The molecule has 0 radical (unpaired) electrons. The van der Waals surface area contributed by atoms with E-state index in [4.69, 9.17) is 15.3 Å². The van der Waals surface area contributed by atoms with Crippen molar-refractivity contribution in [1.82, 2.24) is 15.2 Å². The van der Waals surface area contributed by atoms with E-state index in [0.29, 0.717) is 16.4 Å². The van der Waals surface area contributed by atoms with Crippen LogP contribution in [-0.2, 0) is 35.4 Å². The van der Waals surface area contributed by atoms with Gasteiger partial charge in [-0.2, -0.15) is 0 Å². The van der Waals surface area contributed by atoms with Crippen LogP contribution in [0.5, 0.6) is 0 Å². The van der Waals surface area contributed by atoms with Crippen LogP contribution in [0.15, 0.2) is 21.8 Å². The number of nitrogens with zero attached hydrogens (tertiary/aromatic N) is 3. The summed E-state index contributed by atoms with van der Waals surface area (Å²) < 4.78 is 4.86. The molecule has 14 heteroatoms. The number of rotatable bonds is 8. The smallest absolute Gasteiger partial charge is 0.352 e. The van der Waals surface area contributed by atoms with Crippen molar-refractivity contribution in [3.8, 4) is 0 Å². The first kappa shape index (κ1) is 21.6. The van der Waals surface area contributed by atoms with Gasteiger partial charge < -0.3 is 25.7 Å². The lowest BCUT2D eigenvalue weighted by Crippen LogP contribution is -2.70. The van der Waals surface area contributed by atoms with E-state index in [1.54, 1.807) is 5.38 Å². The van der Waals surface area contributed by atoms with E-state index < -0.39 is 35.2 Å². The molecule has 0 aliphatic carbocycles. The Morgan fingerprint density at radius 1 is 1.47 bits per heavy atom. The molecule has 4 N–H and O–H groups in total. The molecule has 1 saturated heterocycles. The van der Waals surface area contributed by atoms with Gasteiger partial charge >= 0.3 is 11.9 Å². The number of aliphatic carboxylic acids is 1. The van der Waals surface area contributed by atoms with E-state index in [-0.39, 0.29) is 24.7 Å². The molecule has 0 saturated carbocycles. The number of β-lactam (4-membered cyclic amide) rings is 1. The Bertz CT molecular complexity index is 944. The minimum Gasteiger partial charge on any atom is -0.477 e. The number of carbonyl (C=O) groups is 4. The average molecular weight is 455 g/mol. The van der Waals surface area contributed by atoms with Gasteiger partial charge in [-0.3, -0.25) is 19.3 Å². The number of thiazole rings is 1. The molecule has 12 nitrogen and oxygen atoms in total. The van der Waals surface area contributed by atoms with Crippen molar-refractivity contribution in [2.75, 3.05) is 18.1 Å². The van der Waals surface area contributed by atoms with E-state index in [9.17, 15) is 24.3 Å². The first-order chi connectivity index (χ1) is 14.3. The number of carbonyl (C=O) groups excluding carboxylic acids is 3. The molecule has 0 bridgehead atoms. The van der Waals surface area contributed by atoms with Gasteiger partial charge in [-0.05, 0) is 0 Å². The Labute approximate surface area is 178 Å². The Hall–Kier alpha value is -3.13. The molecule has 30 heavy (non-hydrogen) atoms. The molecule has 3 rings (SSSR count). The predicted octanol–water partition coefficient (Wildman–Crippen LogP) is -0.471. The summed E-state index contributed by atoms with van der Waals surface area (Å²) in [5.74, 6) is -2.87. The number of nitrogens with two attached hydrogens (primary N) is 1. The fourth-order valence-corrected chi connectivity index (χ4v) is 4.63. The van der Waals surface area contributed by atoms with Gasteiger partial charge in [-0.1, -0.05) is 5.16 Å². The summed E-state index contributed by atoms with van der Waals surface area (Å²) in [5, 5.41) is 17.0. The number of carboxylic acids is 1. The Morgan fingerprint density at radius 2 is 2.23 bits per heavy atom. The number of nitrogens with one attached hydrogen (secondary N) is 1. The van der Waals surface area contributed by atoms with E-state index in [1.165, 1.54) is 30.0 Å². The van der Waals surface area contributed by atoms with Gasteiger partial charge in [0, 0.05) is 23.6 Å². The van der Waals surface area contributed by atoms with Crippen molar-refractivity contribution in [3.05, 3.63) is 22.3 Å². The van der Waals surface area contributed by atoms with Crippen molar-refractivity contribution in [2.24, 2.45) is 5.16 Å². The number of hydrogen-bond donors (Lipinski definition) is 3. The zero-order chi connectivity index (χ0) is 21.8. The molecule has 3 heterocycles. The fourth-order valence-electron chi connectivity index (χ4n) is 2.75. The maximum absolute atomic E-state index is 12.4. The number of aromatic nitrogens is 1. The van der Waals surface area contributed by atoms with Crippen LogP contribution in [0.2, 0.25) is 0 Å². The molecule has 2 unspecified atom stereocenters. The molecule has 2 aliphatic heterocycles. The number of esters is 1. The third-order valence-corrected chi connectivity index (χ3v) is 6.09. The van der Waals surface area contributed by atoms with Gasteiger partial charge in [-0.25, -0.2) is 9.78 Å². The number of thioether (sulfide) groups is 1. The van der Waals surface area contributed by atoms with Gasteiger partial charge in [-0.15, -0.1) is 23.1 Å². The second-order valence-corrected chi connectivity index (χ2v) is 8.11. The Balaban J connectivity index is 1.56. The Kier molecular flexibility index (Phi) is 6.56. The van der Waals surface area contributed by atoms with Gasteiger partial charge in [0.05, 0.1) is 5.69 Å². The Morgan fingerprint density at radius 3 is 2.87 bits per heavy atom. The number of carboxylic acid groups (broad SMARTS) is 1. The van der Waals surface area contributed by atoms with Crippen LogP contribution in [0, 0.1) is 0 Å². The molecule has 1 aromatic heterocycles. The van der Waals surface area contributed by atoms with Crippen molar-refractivity contribution in [3.63, 3.8) is 0 Å². The highest BCUT2D eigenvalue weighted by Gasteiger charge is 2.54. The zero-order valence-electron chi connectivity index (χ0n) is 15.6. The predicted molar refractivity (Wildman–Crippen MR) is 106 cm³/mol. The third kappa shape index (κ3) is 4.71. The number of amides is 2. The molecule has 0 spiro atoms. The van der Waals surface area contributed by atoms with Crippen LogP contribution in [-0.4, -0.2) is 68.7 Å². The van der Waals surface area contributed by atoms with Crippen molar-refractivity contribution < 1.29 is 33.9 Å². The van der Waals surface area contributed by atoms with E-state index >= 15 is 0 Å². The summed E-state index contributed by atoms with van der Waals surface area (Å²) in [5.41, 5.74) is 6.14. The van der Waals surface area contributed by atoms with Crippen LogP contribution in [0.4, 0.5) is 5.13 Å². The summed E-state index contributed by atoms with van der Waals surface area (Å²) in [6, 6.07) is -0.906. The SMILES string of the molecule is CC(=O)OCC1=C(C(=O)O)N2C(=O)C(NC(=O)/C=N/OCc3csc(N)n3)C2SC1. The normalized spacial score (nSPS) is 20.6. The largest absolute Gasteiger partial charge is 0.477 e. The van der Waals surface area contributed by atoms with Crippen LogP contribution < -0.4 is 11.1 Å². The molecule has 2 atom stereocenters. The molecule has 2 aliphatic rings. The molecular weight excluding hydrogens is 438 g/mol. The number of oxime groups is 1. The monoisotopic (exact) mass is 455 g/mol. The topological polar surface area (TPSA) is 174 Å². The van der Waals surface area contributed by atoms with Gasteiger partial charge in [0.1, 0.15) is 29.9 Å². The number of hydrogen-bond acceptors (Lipinski definition) is 11. The number of fused-ring (bicyclic) bond motifs is 1. The molecule has 1 fully saturated rings. The number of nitrogen functional groups attached to an aromatic ring is 1. The summed E-state index contributed by atoms with van der Waals surface area (Å²) in [7, 11) is 0. The number of anilines is 1. The highest BCUT2D eigenvalue weighted by Crippen LogP contribution is 2.40. The van der Waals surface area contributed by atoms with Crippen molar-refractivity contribution in [1.29, 1.82) is 0 Å². The maximum Gasteiger partial charge on any atom is 0.352 e. The summed E-state index contributed by atoms with van der Waals surface area (Å²) in [6.07, 6.45) is 0.874. The molecule has 160 valence electrons. The lowest BCUT2D eigenvalue weighted by atomic mass is 10.0. The third-order valence-electron chi connectivity index (χ3n) is 4.02. The van der Waals surface area contributed by atoms with E-state index in [0.717, 1.165) is 11.1 Å². The number of ether oxygens (including phenoxy) is 1. The summed E-state index contributed by atoms with van der Waals surface area (Å²) in [4.78, 5) is 57.1. The van der Waals surface area contributed by atoms with E-state index in [2.05, 4.69) is 15.5 Å². The van der Waals surface area contributed by atoms with Gasteiger partial charge in [0.25, 0.3) is 11.8 Å². The molecule has 1 aromatic rings. The van der Waals surface area contributed by atoms with Crippen LogP contribution >= 0.6 is 23.1 Å². The van der Waals surface area contributed by atoms with Gasteiger partial charge in [0.15, 0.2) is 11.7 Å². The lowest BCUT2D eigenvalue weighted by Gasteiger charge is -2.49. The van der Waals surface area contributed by atoms with Crippen molar-refractivity contribution >= 4 is 58.2 Å². The van der Waals surface area contributed by atoms with Crippen LogP contribution in [0.1, 0.15) is 12.6 Å². The summed E-state index contributed by atoms with van der Waals surface area (Å²) >= 11 is 2.51. The van der Waals surface area contributed by atoms with E-state index in [1.807, 2.05) is 0 Å². The average Bonchev–Trinajstić information content (AvgIpc) is 3.11. The first-order valence-electron chi connectivity index (χ1n) is 8.47. The first-order valence-corrected chi connectivity index (χ1v) is 10.4. The van der Waals surface area contributed by atoms with Crippen LogP contribution in [0.3, 0.4) is 0 Å². The fraction of sp³-hybridized carbons (Fsp3) is 0.375. The second kappa shape index (κ2) is 9.13. The summed E-state index contributed by atoms with van der Waals surface area (Å²) in [6.45, 7) is 1.02. The highest BCUT2D eigenvalue weighted by atomic mass is 32.2. The van der Waals surface area contributed by atoms with Crippen molar-refractivity contribution in [2.45, 2.75) is 24.9 Å². The highest BCUT2D eigenvalue weighted by molar-refractivity contribution is 8.00.